The van der Waals surface area contributed by atoms with Gasteiger partial charge in [0.2, 0.25) is 0 Å². The second kappa shape index (κ2) is 4.98. The van der Waals surface area contributed by atoms with Crippen molar-refractivity contribution in [2.24, 2.45) is 0 Å². The van der Waals surface area contributed by atoms with Gasteiger partial charge >= 0.3 is 0 Å². The fourth-order valence-corrected chi connectivity index (χ4v) is 1.61. The third kappa shape index (κ3) is 3.23. The van der Waals surface area contributed by atoms with Crippen LogP contribution >= 0.6 is 11.6 Å². The van der Waals surface area contributed by atoms with Gasteiger partial charge in [0.05, 0.1) is 23.6 Å². The summed E-state index contributed by atoms with van der Waals surface area (Å²) < 4.78 is 1.96. The third-order valence-corrected chi connectivity index (χ3v) is 2.77. The van der Waals surface area contributed by atoms with Crippen LogP contribution in [0.3, 0.4) is 0 Å². The first-order valence-electron chi connectivity index (χ1n) is 5.84. The van der Waals surface area contributed by atoms with Gasteiger partial charge in [0.1, 0.15) is 5.15 Å². The molecule has 5 heteroatoms. The summed E-state index contributed by atoms with van der Waals surface area (Å²) in [7, 11) is 0. The molecule has 0 aromatic carbocycles. The first kappa shape index (κ1) is 12.9. The number of halogens is 1. The van der Waals surface area contributed by atoms with Gasteiger partial charge in [0, 0.05) is 18.3 Å². The molecule has 96 valence electrons. The molecule has 2 aromatic heterocycles. The maximum atomic E-state index is 5.73. The lowest BCUT2D eigenvalue weighted by Crippen LogP contribution is -2.21. The van der Waals surface area contributed by atoms with Crippen molar-refractivity contribution in [2.45, 2.75) is 32.9 Å². The van der Waals surface area contributed by atoms with Crippen molar-refractivity contribution in [1.82, 2.24) is 14.8 Å². The number of pyridine rings is 1. The van der Waals surface area contributed by atoms with Crippen LogP contribution in [0, 0.1) is 0 Å². The summed E-state index contributed by atoms with van der Waals surface area (Å²) in [6, 6.07) is 3.67. The zero-order valence-corrected chi connectivity index (χ0v) is 11.6. The Labute approximate surface area is 112 Å². The Bertz CT molecular complexity index is 511. The molecule has 0 aliphatic heterocycles. The lowest BCUT2D eigenvalue weighted by atomic mass is 10.1. The average molecular weight is 265 g/mol. The second-order valence-corrected chi connectivity index (χ2v) is 5.57. The number of nitrogens with one attached hydrogen (secondary N) is 1. The van der Waals surface area contributed by atoms with E-state index in [1.165, 1.54) is 0 Å². The molecule has 0 saturated carbocycles. The van der Waals surface area contributed by atoms with Gasteiger partial charge in [-0.1, -0.05) is 11.6 Å². The van der Waals surface area contributed by atoms with Crippen LogP contribution in [0.5, 0.6) is 0 Å². The first-order valence-corrected chi connectivity index (χ1v) is 6.22. The lowest BCUT2D eigenvalue weighted by molar-refractivity contribution is 0.355. The molecular weight excluding hydrogens is 248 g/mol. The van der Waals surface area contributed by atoms with Crippen LogP contribution < -0.4 is 5.32 Å². The van der Waals surface area contributed by atoms with Crippen LogP contribution in [0.2, 0.25) is 5.15 Å². The lowest BCUT2D eigenvalue weighted by Gasteiger charge is -2.18. The van der Waals surface area contributed by atoms with Crippen molar-refractivity contribution < 1.29 is 0 Å². The summed E-state index contributed by atoms with van der Waals surface area (Å²) in [4.78, 5) is 4.02. The second-order valence-electron chi connectivity index (χ2n) is 5.19. The average Bonchev–Trinajstić information content (AvgIpc) is 2.77. The van der Waals surface area contributed by atoms with E-state index in [-0.39, 0.29) is 5.54 Å². The van der Waals surface area contributed by atoms with Crippen molar-refractivity contribution in [3.8, 4) is 0 Å². The van der Waals surface area contributed by atoms with Crippen molar-refractivity contribution in [2.75, 3.05) is 5.32 Å². The number of nitrogens with zero attached hydrogens (tertiary/aromatic N) is 3. The molecule has 4 nitrogen and oxygen atoms in total. The molecule has 18 heavy (non-hydrogen) atoms. The van der Waals surface area contributed by atoms with E-state index in [9.17, 15) is 0 Å². The largest absolute Gasteiger partial charge is 0.380 e. The van der Waals surface area contributed by atoms with E-state index in [1.807, 2.05) is 16.9 Å². The van der Waals surface area contributed by atoms with Crippen LogP contribution in [-0.2, 0) is 12.1 Å². The molecule has 2 heterocycles. The molecule has 0 radical (unpaired) electrons. The predicted octanol–water partition coefficient (Wildman–Crippen LogP) is 3.30. The van der Waals surface area contributed by atoms with E-state index < -0.39 is 0 Å². The van der Waals surface area contributed by atoms with E-state index in [4.69, 9.17) is 11.6 Å². The Balaban J connectivity index is 1.98. The molecule has 0 bridgehead atoms. The van der Waals surface area contributed by atoms with Crippen molar-refractivity contribution in [1.29, 1.82) is 0 Å². The SMILES string of the molecule is CC(C)(C)n1cc(CNc2ccc(Cl)nc2)cn1. The molecular formula is C13H17ClN4. The Kier molecular flexibility index (Phi) is 3.57. The van der Waals surface area contributed by atoms with Gasteiger partial charge in [-0.2, -0.15) is 5.10 Å². The van der Waals surface area contributed by atoms with Crippen molar-refractivity contribution in [3.05, 3.63) is 41.4 Å². The fraction of sp³-hybridized carbons (Fsp3) is 0.385. The highest BCUT2D eigenvalue weighted by Crippen LogP contribution is 2.15. The summed E-state index contributed by atoms with van der Waals surface area (Å²) in [5.74, 6) is 0. The number of hydrogen-bond acceptors (Lipinski definition) is 3. The molecule has 0 saturated heterocycles. The van der Waals surface area contributed by atoms with Crippen LogP contribution in [0.25, 0.3) is 0 Å². The van der Waals surface area contributed by atoms with Gasteiger partial charge in [-0.05, 0) is 32.9 Å². The van der Waals surface area contributed by atoms with Gasteiger partial charge in [-0.15, -0.1) is 0 Å². The molecule has 0 spiro atoms. The van der Waals surface area contributed by atoms with Crippen LogP contribution in [0.1, 0.15) is 26.3 Å². The molecule has 0 amide bonds. The quantitative estimate of drug-likeness (QED) is 0.865. The van der Waals surface area contributed by atoms with Gasteiger partial charge in [0.15, 0.2) is 0 Å². The maximum absolute atomic E-state index is 5.73. The van der Waals surface area contributed by atoms with E-state index in [0.29, 0.717) is 5.15 Å². The molecule has 1 N–H and O–H groups in total. The number of rotatable bonds is 3. The summed E-state index contributed by atoms with van der Waals surface area (Å²) in [5, 5.41) is 8.13. The molecule has 0 aliphatic rings. The topological polar surface area (TPSA) is 42.7 Å². The summed E-state index contributed by atoms with van der Waals surface area (Å²) in [6.07, 6.45) is 5.65. The zero-order chi connectivity index (χ0) is 13.2. The maximum Gasteiger partial charge on any atom is 0.129 e. The Morgan fingerprint density at radius 2 is 2.06 bits per heavy atom. The molecule has 0 atom stereocenters. The first-order chi connectivity index (χ1) is 8.45. The number of anilines is 1. The molecule has 2 rings (SSSR count). The minimum Gasteiger partial charge on any atom is -0.380 e. The molecule has 0 unspecified atom stereocenters. The number of aromatic nitrogens is 3. The highest BCUT2D eigenvalue weighted by molar-refractivity contribution is 6.29. The standard InChI is InChI=1S/C13H17ClN4/c1-13(2,3)18-9-10(7-17-18)6-15-11-4-5-12(14)16-8-11/h4-5,7-9,15H,6H2,1-3H3. The minimum atomic E-state index is 0.0140. The van der Waals surface area contributed by atoms with Gasteiger partial charge in [-0.25, -0.2) is 4.98 Å². The van der Waals surface area contributed by atoms with Gasteiger partial charge in [-0.3, -0.25) is 4.68 Å². The summed E-state index contributed by atoms with van der Waals surface area (Å²) in [6.45, 7) is 7.10. The van der Waals surface area contributed by atoms with Crippen LogP contribution in [-0.4, -0.2) is 14.8 Å². The highest BCUT2D eigenvalue weighted by Gasteiger charge is 2.13. The van der Waals surface area contributed by atoms with Gasteiger partial charge < -0.3 is 5.32 Å². The van der Waals surface area contributed by atoms with Crippen LogP contribution in [0.4, 0.5) is 5.69 Å². The monoisotopic (exact) mass is 264 g/mol. The zero-order valence-electron chi connectivity index (χ0n) is 10.8. The summed E-state index contributed by atoms with van der Waals surface area (Å²) in [5.41, 5.74) is 2.10. The van der Waals surface area contributed by atoms with E-state index in [1.54, 1.807) is 12.3 Å². The van der Waals surface area contributed by atoms with Crippen molar-refractivity contribution in [3.63, 3.8) is 0 Å². The van der Waals surface area contributed by atoms with Gasteiger partial charge in [0.25, 0.3) is 0 Å². The Morgan fingerprint density at radius 1 is 1.28 bits per heavy atom. The summed E-state index contributed by atoms with van der Waals surface area (Å²) >= 11 is 5.73. The Hall–Kier alpha value is -1.55. The van der Waals surface area contributed by atoms with Crippen molar-refractivity contribution >= 4 is 17.3 Å². The predicted molar refractivity (Wildman–Crippen MR) is 73.8 cm³/mol. The fourth-order valence-electron chi connectivity index (χ4n) is 1.50. The van der Waals surface area contributed by atoms with E-state index >= 15 is 0 Å². The van der Waals surface area contributed by atoms with E-state index in [0.717, 1.165) is 17.8 Å². The number of hydrogen-bond donors (Lipinski definition) is 1. The highest BCUT2D eigenvalue weighted by atomic mass is 35.5. The molecule has 0 fully saturated rings. The Morgan fingerprint density at radius 3 is 2.61 bits per heavy atom. The molecule has 0 aliphatic carbocycles. The smallest absolute Gasteiger partial charge is 0.129 e. The normalized spacial score (nSPS) is 11.6. The van der Waals surface area contributed by atoms with E-state index in [2.05, 4.69) is 42.4 Å². The third-order valence-electron chi connectivity index (χ3n) is 2.55. The minimum absolute atomic E-state index is 0.0140. The van der Waals surface area contributed by atoms with Crippen LogP contribution in [0.15, 0.2) is 30.7 Å². The molecule has 2 aromatic rings.